The quantitative estimate of drug-likeness (QED) is 0.596. The van der Waals surface area contributed by atoms with Crippen LogP contribution in [-0.2, 0) is 9.47 Å². The monoisotopic (exact) mass is 150 g/mol. The lowest BCUT2D eigenvalue weighted by atomic mass is 10.3. The van der Waals surface area contributed by atoms with Crippen molar-refractivity contribution in [2.75, 3.05) is 13.2 Å². The minimum absolute atomic E-state index is 0.271. The van der Waals surface area contributed by atoms with Gasteiger partial charge in [-0.05, 0) is 12.1 Å². The Hall–Kier alpha value is -0.930. The second-order valence-electron chi connectivity index (χ2n) is 2.27. The highest BCUT2D eigenvalue weighted by Crippen LogP contribution is 2.19. The molecule has 0 unspecified atom stereocenters. The van der Waals surface area contributed by atoms with Crippen LogP contribution in [0, 0.1) is 6.20 Å². The molecule has 1 aliphatic heterocycles. The van der Waals surface area contributed by atoms with Crippen molar-refractivity contribution in [3.63, 3.8) is 0 Å². The average molecular weight is 150 g/mol. The summed E-state index contributed by atoms with van der Waals surface area (Å²) in [4.78, 5) is 3.99. The zero-order valence-electron chi connectivity index (χ0n) is 5.99. The van der Waals surface area contributed by atoms with Crippen LogP contribution in [0.4, 0.5) is 0 Å². The van der Waals surface area contributed by atoms with Crippen LogP contribution in [-0.4, -0.2) is 18.2 Å². The predicted molar refractivity (Wildman–Crippen MR) is 37.7 cm³/mol. The lowest BCUT2D eigenvalue weighted by Crippen LogP contribution is -1.99. The predicted octanol–water partition coefficient (Wildman–Crippen LogP) is 0.927. The van der Waals surface area contributed by atoms with Crippen molar-refractivity contribution in [3.05, 3.63) is 30.1 Å². The normalized spacial score (nSPS) is 18.9. The van der Waals surface area contributed by atoms with Crippen LogP contribution >= 0.6 is 0 Å². The summed E-state index contributed by atoms with van der Waals surface area (Å²) in [6.45, 7) is 1.31. The third-order valence-corrected chi connectivity index (χ3v) is 1.49. The summed E-state index contributed by atoms with van der Waals surface area (Å²) in [5.74, 6) is 0. The van der Waals surface area contributed by atoms with Gasteiger partial charge in [0.1, 0.15) is 0 Å². The number of rotatable bonds is 1. The van der Waals surface area contributed by atoms with Gasteiger partial charge < -0.3 is 9.47 Å². The first-order valence-corrected chi connectivity index (χ1v) is 3.53. The van der Waals surface area contributed by atoms with Crippen LogP contribution in [0.5, 0.6) is 0 Å². The van der Waals surface area contributed by atoms with Crippen LogP contribution in [0.3, 0.4) is 0 Å². The van der Waals surface area contributed by atoms with E-state index >= 15 is 0 Å². The van der Waals surface area contributed by atoms with E-state index < -0.39 is 0 Å². The maximum atomic E-state index is 5.23. The van der Waals surface area contributed by atoms with E-state index in [9.17, 15) is 0 Å². The van der Waals surface area contributed by atoms with Gasteiger partial charge in [0.25, 0.3) is 0 Å². The SMILES string of the molecule is [c]1cccc(C2OCCO2)n1. The Balaban J connectivity index is 2.16. The van der Waals surface area contributed by atoms with Crippen molar-refractivity contribution in [2.45, 2.75) is 6.29 Å². The number of nitrogens with zero attached hydrogens (tertiary/aromatic N) is 1. The first-order valence-electron chi connectivity index (χ1n) is 3.53. The van der Waals surface area contributed by atoms with Crippen LogP contribution in [0.25, 0.3) is 0 Å². The standard InChI is InChI=1S/C8H8NO2/c1-2-4-9-7(3-1)8-10-5-6-11-8/h1-3,8H,5-6H2. The molecule has 1 saturated heterocycles. The van der Waals surface area contributed by atoms with E-state index in [1.165, 1.54) is 0 Å². The Bertz CT molecular complexity index is 219. The van der Waals surface area contributed by atoms with Crippen molar-refractivity contribution < 1.29 is 9.47 Å². The molecule has 11 heavy (non-hydrogen) atoms. The minimum atomic E-state index is -0.271. The molecule has 3 nitrogen and oxygen atoms in total. The Kier molecular flexibility index (Phi) is 1.83. The Morgan fingerprint density at radius 1 is 1.45 bits per heavy atom. The highest BCUT2D eigenvalue weighted by molar-refractivity contribution is 5.04. The summed E-state index contributed by atoms with van der Waals surface area (Å²) in [6, 6.07) is 5.48. The molecular formula is C8H8NO2. The molecule has 2 heterocycles. The van der Waals surface area contributed by atoms with Gasteiger partial charge in [0.05, 0.1) is 25.1 Å². The molecule has 0 aromatic carbocycles. The smallest absolute Gasteiger partial charge is 0.201 e. The third kappa shape index (κ3) is 1.39. The highest BCUT2D eigenvalue weighted by Gasteiger charge is 2.18. The molecule has 0 atom stereocenters. The van der Waals surface area contributed by atoms with Gasteiger partial charge in [0.15, 0.2) is 0 Å². The zero-order valence-corrected chi connectivity index (χ0v) is 5.99. The van der Waals surface area contributed by atoms with Crippen molar-refractivity contribution in [1.82, 2.24) is 4.98 Å². The molecule has 1 aliphatic rings. The van der Waals surface area contributed by atoms with Crippen molar-refractivity contribution in [2.24, 2.45) is 0 Å². The molecule has 1 aromatic heterocycles. The molecule has 0 bridgehead atoms. The third-order valence-electron chi connectivity index (χ3n) is 1.49. The molecule has 3 heteroatoms. The van der Waals surface area contributed by atoms with Gasteiger partial charge in [0.2, 0.25) is 6.29 Å². The van der Waals surface area contributed by atoms with Gasteiger partial charge in [-0.3, -0.25) is 0 Å². The molecule has 1 fully saturated rings. The van der Waals surface area contributed by atoms with E-state index in [-0.39, 0.29) is 6.29 Å². The first-order chi connectivity index (χ1) is 5.47. The molecule has 0 saturated carbocycles. The topological polar surface area (TPSA) is 31.4 Å². The molecule has 1 radical (unpaired) electrons. The van der Waals surface area contributed by atoms with E-state index in [0.29, 0.717) is 13.2 Å². The average Bonchev–Trinajstić information content (AvgIpc) is 2.58. The second kappa shape index (κ2) is 2.98. The summed E-state index contributed by atoms with van der Waals surface area (Å²) in [7, 11) is 0. The summed E-state index contributed by atoms with van der Waals surface area (Å²) in [5, 5.41) is 0. The molecule has 0 N–H and O–H groups in total. The zero-order chi connectivity index (χ0) is 7.52. The van der Waals surface area contributed by atoms with Crippen LogP contribution in [0.2, 0.25) is 0 Å². The highest BCUT2D eigenvalue weighted by atomic mass is 16.7. The second-order valence-corrected chi connectivity index (χ2v) is 2.27. The largest absolute Gasteiger partial charge is 0.345 e. The van der Waals surface area contributed by atoms with Crippen LogP contribution in [0.1, 0.15) is 12.0 Å². The van der Waals surface area contributed by atoms with E-state index in [4.69, 9.17) is 9.47 Å². The lowest BCUT2D eigenvalue weighted by molar-refractivity contribution is -0.0473. The van der Waals surface area contributed by atoms with E-state index in [2.05, 4.69) is 11.2 Å². The van der Waals surface area contributed by atoms with E-state index in [0.717, 1.165) is 5.69 Å². The summed E-state index contributed by atoms with van der Waals surface area (Å²) < 4.78 is 10.5. The summed E-state index contributed by atoms with van der Waals surface area (Å²) in [6.07, 6.45) is 2.46. The van der Waals surface area contributed by atoms with E-state index in [1.54, 1.807) is 6.07 Å². The Morgan fingerprint density at radius 2 is 2.27 bits per heavy atom. The molecule has 1 aromatic rings. The van der Waals surface area contributed by atoms with Gasteiger partial charge >= 0.3 is 0 Å². The van der Waals surface area contributed by atoms with Crippen molar-refractivity contribution >= 4 is 0 Å². The number of ether oxygens (including phenoxy) is 2. The fourth-order valence-corrected chi connectivity index (χ4v) is 0.999. The number of aromatic nitrogens is 1. The lowest BCUT2D eigenvalue weighted by Gasteiger charge is -2.05. The Labute approximate surface area is 65.0 Å². The number of hydrogen-bond acceptors (Lipinski definition) is 3. The number of hydrogen-bond donors (Lipinski definition) is 0. The molecule has 0 spiro atoms. The van der Waals surface area contributed by atoms with Crippen molar-refractivity contribution in [1.29, 1.82) is 0 Å². The summed E-state index contributed by atoms with van der Waals surface area (Å²) in [5.41, 5.74) is 0.796. The van der Waals surface area contributed by atoms with Gasteiger partial charge in [-0.25, -0.2) is 4.98 Å². The molecular weight excluding hydrogens is 142 g/mol. The van der Waals surface area contributed by atoms with Crippen molar-refractivity contribution in [3.8, 4) is 0 Å². The van der Waals surface area contributed by atoms with Gasteiger partial charge in [0, 0.05) is 0 Å². The van der Waals surface area contributed by atoms with Gasteiger partial charge in [-0.1, -0.05) is 6.07 Å². The molecule has 0 amide bonds. The molecule has 57 valence electrons. The minimum Gasteiger partial charge on any atom is -0.345 e. The summed E-state index contributed by atoms with van der Waals surface area (Å²) >= 11 is 0. The fraction of sp³-hybridized carbons (Fsp3) is 0.375. The van der Waals surface area contributed by atoms with Gasteiger partial charge in [-0.15, -0.1) is 0 Å². The van der Waals surface area contributed by atoms with Crippen LogP contribution < -0.4 is 0 Å². The first kappa shape index (κ1) is 6.76. The maximum absolute atomic E-state index is 5.23. The van der Waals surface area contributed by atoms with Gasteiger partial charge in [-0.2, -0.15) is 0 Å². The maximum Gasteiger partial charge on any atom is 0.201 e. The van der Waals surface area contributed by atoms with Crippen LogP contribution in [0.15, 0.2) is 18.2 Å². The molecule has 0 aliphatic carbocycles. The number of pyridine rings is 1. The fourth-order valence-electron chi connectivity index (χ4n) is 0.999. The van der Waals surface area contributed by atoms with E-state index in [1.807, 2.05) is 12.1 Å². The Morgan fingerprint density at radius 3 is 2.91 bits per heavy atom. The molecule has 2 rings (SSSR count).